The van der Waals surface area contributed by atoms with Crippen LogP contribution in [0.4, 0.5) is 13.2 Å². The molecule has 0 saturated carbocycles. The highest BCUT2D eigenvalue weighted by Gasteiger charge is 2.62. The van der Waals surface area contributed by atoms with Gasteiger partial charge in [0.2, 0.25) is 0 Å². The molecule has 0 unspecified atom stereocenters. The summed E-state index contributed by atoms with van der Waals surface area (Å²) >= 11 is 0. The number of aliphatic hydroxyl groups is 1. The van der Waals surface area contributed by atoms with Crippen LogP contribution < -0.4 is 20.5 Å². The summed E-state index contributed by atoms with van der Waals surface area (Å²) in [5.74, 6) is 0.00159. The molecule has 0 fully saturated rings. The Morgan fingerprint density at radius 1 is 1.02 bits per heavy atom. The Kier molecular flexibility index (Phi) is 15.6. The summed E-state index contributed by atoms with van der Waals surface area (Å²) < 4.78 is 63.6. The monoisotopic (exact) mass is 620 g/mol. The average molecular weight is 621 g/mol. The first kappa shape index (κ1) is 37.5. The van der Waals surface area contributed by atoms with Gasteiger partial charge < -0.3 is 35.1 Å². The second-order valence-corrected chi connectivity index (χ2v) is 10.3. The highest BCUT2D eigenvalue weighted by atomic mass is 35.5. The molecular weight excluding hydrogens is 577 g/mol. The molecular formula is C30H44ClF3N2O6. The number of rotatable bonds is 17. The molecule has 0 aromatic heterocycles. The van der Waals surface area contributed by atoms with Crippen LogP contribution in [-0.4, -0.2) is 70.4 Å². The van der Waals surface area contributed by atoms with Crippen molar-refractivity contribution in [2.24, 2.45) is 17.6 Å². The summed E-state index contributed by atoms with van der Waals surface area (Å²) in [6.07, 6.45) is -4.61. The maximum Gasteiger partial charge on any atom is 0.430 e. The van der Waals surface area contributed by atoms with Crippen LogP contribution in [-0.2, 0) is 26.3 Å². The standard InChI is InChI=1S/C30H43F3N2O6.ClH/c1-20(2)22(16-21-12-13-26(39-4)27(17-21)41-15-9-14-38-3)18-24(34)25(36)19-35-28(37)29(40-5,30(31,32)33)23-10-7-6-8-11-23;/h6-8,10-13,17,20,22,24-25,36H,9,14-16,18-19,34H2,1-5H3,(H,35,37);1H/t22-,24-,25-,29+;/m0./s1. The van der Waals surface area contributed by atoms with Crippen molar-refractivity contribution in [2.75, 3.05) is 41.1 Å². The number of carbonyl (C=O) groups excluding carboxylic acids is 1. The Bertz CT molecular complexity index is 1080. The first-order valence-electron chi connectivity index (χ1n) is 13.6. The molecule has 8 nitrogen and oxygen atoms in total. The molecule has 4 N–H and O–H groups in total. The van der Waals surface area contributed by atoms with Crippen molar-refractivity contribution in [3.05, 3.63) is 59.7 Å². The van der Waals surface area contributed by atoms with Gasteiger partial charge in [0.1, 0.15) is 0 Å². The van der Waals surface area contributed by atoms with Gasteiger partial charge in [0.05, 0.1) is 19.8 Å². The Balaban J connectivity index is 0.00000882. The molecule has 42 heavy (non-hydrogen) atoms. The second-order valence-electron chi connectivity index (χ2n) is 10.3. The van der Waals surface area contributed by atoms with Crippen molar-refractivity contribution in [3.8, 4) is 11.5 Å². The molecule has 1 amide bonds. The minimum atomic E-state index is -5.05. The quantitative estimate of drug-likeness (QED) is 0.221. The SMILES string of the molecule is COCCCOc1cc(C[C@@H](C[C@H](N)[C@@H](O)CNC(=O)[C@](OC)(c2ccccc2)C(F)(F)F)C(C)C)ccc1OC.Cl. The van der Waals surface area contributed by atoms with E-state index in [0.717, 1.165) is 19.1 Å². The zero-order chi connectivity index (χ0) is 30.6. The summed E-state index contributed by atoms with van der Waals surface area (Å²) in [4.78, 5) is 12.9. The number of aliphatic hydroxyl groups excluding tert-OH is 1. The summed E-state index contributed by atoms with van der Waals surface area (Å²) in [6, 6.07) is 11.5. The van der Waals surface area contributed by atoms with Crippen molar-refractivity contribution in [1.29, 1.82) is 0 Å². The predicted molar refractivity (Wildman–Crippen MR) is 157 cm³/mol. The highest BCUT2D eigenvalue weighted by Crippen LogP contribution is 2.42. The zero-order valence-corrected chi connectivity index (χ0v) is 25.6. The lowest BCUT2D eigenvalue weighted by molar-refractivity contribution is -0.265. The lowest BCUT2D eigenvalue weighted by atomic mass is 9.83. The average Bonchev–Trinajstić information content (AvgIpc) is 2.94. The van der Waals surface area contributed by atoms with Crippen LogP contribution in [0.15, 0.2) is 48.5 Å². The third-order valence-corrected chi connectivity index (χ3v) is 7.17. The Hall–Kier alpha value is -2.57. The normalized spacial score (nSPS) is 15.2. The molecule has 0 radical (unpaired) electrons. The number of hydrogen-bond donors (Lipinski definition) is 3. The van der Waals surface area contributed by atoms with Gasteiger partial charge in [-0.05, 0) is 42.4 Å². The molecule has 0 aliphatic heterocycles. The van der Waals surface area contributed by atoms with Gasteiger partial charge in [-0.15, -0.1) is 12.4 Å². The molecule has 238 valence electrons. The van der Waals surface area contributed by atoms with Gasteiger partial charge in [-0.25, -0.2) is 0 Å². The highest BCUT2D eigenvalue weighted by molar-refractivity contribution is 5.87. The van der Waals surface area contributed by atoms with Gasteiger partial charge in [-0.3, -0.25) is 4.79 Å². The van der Waals surface area contributed by atoms with E-state index >= 15 is 0 Å². The molecule has 2 rings (SSSR count). The Labute approximate surface area is 252 Å². The zero-order valence-electron chi connectivity index (χ0n) is 24.8. The molecule has 12 heteroatoms. The number of amides is 1. The molecule has 0 saturated heterocycles. The first-order chi connectivity index (χ1) is 19.4. The molecule has 2 aromatic carbocycles. The topological polar surface area (TPSA) is 112 Å². The van der Waals surface area contributed by atoms with Crippen LogP contribution in [0.1, 0.15) is 37.8 Å². The van der Waals surface area contributed by atoms with Crippen molar-refractivity contribution in [2.45, 2.75) is 57.0 Å². The minimum absolute atomic E-state index is 0. The van der Waals surface area contributed by atoms with Crippen molar-refractivity contribution in [3.63, 3.8) is 0 Å². The van der Waals surface area contributed by atoms with Gasteiger partial charge in [-0.1, -0.05) is 50.2 Å². The molecule has 0 heterocycles. The molecule has 0 aliphatic rings. The maximum atomic E-state index is 14.1. The minimum Gasteiger partial charge on any atom is -0.493 e. The van der Waals surface area contributed by atoms with Gasteiger partial charge in [0.25, 0.3) is 11.5 Å². The largest absolute Gasteiger partial charge is 0.493 e. The Morgan fingerprint density at radius 3 is 2.24 bits per heavy atom. The maximum absolute atomic E-state index is 14.1. The van der Waals surface area contributed by atoms with Crippen molar-refractivity contribution >= 4 is 18.3 Å². The van der Waals surface area contributed by atoms with Crippen molar-refractivity contribution < 1.29 is 42.0 Å². The van der Waals surface area contributed by atoms with E-state index in [1.807, 2.05) is 32.0 Å². The van der Waals surface area contributed by atoms with Gasteiger partial charge in [0, 0.05) is 45.4 Å². The second kappa shape index (κ2) is 17.5. The number of nitrogens with two attached hydrogens (primary N) is 1. The van der Waals surface area contributed by atoms with Gasteiger partial charge >= 0.3 is 6.18 Å². The Morgan fingerprint density at radius 2 is 1.69 bits per heavy atom. The fraction of sp³-hybridized carbons (Fsp3) is 0.567. The molecule has 0 spiro atoms. The van der Waals surface area contributed by atoms with Crippen LogP contribution in [0.5, 0.6) is 11.5 Å². The van der Waals surface area contributed by atoms with Crippen LogP contribution in [0.3, 0.4) is 0 Å². The van der Waals surface area contributed by atoms with E-state index in [0.29, 0.717) is 37.6 Å². The summed E-state index contributed by atoms with van der Waals surface area (Å²) in [7, 11) is 4.02. The lowest BCUT2D eigenvalue weighted by Crippen LogP contribution is -2.57. The number of ether oxygens (including phenoxy) is 4. The fourth-order valence-corrected chi connectivity index (χ4v) is 4.64. The van der Waals surface area contributed by atoms with E-state index in [9.17, 15) is 23.1 Å². The van der Waals surface area contributed by atoms with Gasteiger partial charge in [0.15, 0.2) is 11.5 Å². The predicted octanol–water partition coefficient (Wildman–Crippen LogP) is 4.65. The molecule has 4 atom stereocenters. The van der Waals surface area contributed by atoms with E-state index in [1.165, 1.54) is 30.3 Å². The van der Waals surface area contributed by atoms with Crippen LogP contribution in [0, 0.1) is 11.8 Å². The third kappa shape index (κ3) is 9.74. The van der Waals surface area contributed by atoms with Crippen molar-refractivity contribution in [1.82, 2.24) is 5.32 Å². The molecule has 2 aromatic rings. The van der Waals surface area contributed by atoms with Crippen LogP contribution in [0.2, 0.25) is 0 Å². The van der Waals surface area contributed by atoms with Crippen LogP contribution >= 0.6 is 12.4 Å². The van der Waals surface area contributed by atoms with E-state index in [2.05, 4.69) is 5.32 Å². The van der Waals surface area contributed by atoms with E-state index in [1.54, 1.807) is 14.2 Å². The summed E-state index contributed by atoms with van der Waals surface area (Å²) in [5.41, 5.74) is 3.68. The summed E-state index contributed by atoms with van der Waals surface area (Å²) in [5, 5.41) is 12.9. The third-order valence-electron chi connectivity index (χ3n) is 7.17. The number of nitrogens with one attached hydrogen (secondary N) is 1. The van der Waals surface area contributed by atoms with E-state index < -0.39 is 36.4 Å². The fourth-order valence-electron chi connectivity index (χ4n) is 4.64. The number of alkyl halides is 3. The number of halogens is 4. The van der Waals surface area contributed by atoms with Gasteiger partial charge in [-0.2, -0.15) is 13.2 Å². The van der Waals surface area contributed by atoms with Crippen LogP contribution in [0.25, 0.3) is 0 Å². The number of carbonyl (C=O) groups is 1. The molecule has 0 bridgehead atoms. The summed E-state index contributed by atoms with van der Waals surface area (Å²) in [6.45, 7) is 4.64. The van der Waals surface area contributed by atoms with E-state index in [-0.39, 0.29) is 29.8 Å². The number of benzene rings is 2. The first-order valence-corrected chi connectivity index (χ1v) is 13.6. The lowest BCUT2D eigenvalue weighted by Gasteiger charge is -2.34. The van der Waals surface area contributed by atoms with E-state index in [4.69, 9.17) is 24.7 Å². The smallest absolute Gasteiger partial charge is 0.430 e. The number of methoxy groups -OCH3 is 3. The molecule has 0 aliphatic carbocycles. The number of hydrogen-bond acceptors (Lipinski definition) is 7.